The summed E-state index contributed by atoms with van der Waals surface area (Å²) < 4.78 is 1.97. The third kappa shape index (κ3) is 2.90. The van der Waals surface area contributed by atoms with Gasteiger partial charge in [0, 0.05) is 16.9 Å². The number of anilines is 2. The first-order valence-corrected chi connectivity index (χ1v) is 9.72. The van der Waals surface area contributed by atoms with Gasteiger partial charge in [-0.1, -0.05) is 48.5 Å². The second-order valence-electron chi connectivity index (χ2n) is 7.24. The lowest BCUT2D eigenvalue weighted by Crippen LogP contribution is -2.31. The minimum atomic E-state index is -0.529. The van der Waals surface area contributed by atoms with Gasteiger partial charge in [0.25, 0.3) is 5.91 Å². The van der Waals surface area contributed by atoms with Crippen molar-refractivity contribution in [2.45, 2.75) is 13.0 Å². The number of phenols is 1. The molecule has 0 aliphatic carbocycles. The highest BCUT2D eigenvalue weighted by molar-refractivity contribution is 6.06. The molecule has 3 aromatic carbocycles. The molecule has 4 aromatic rings. The number of benzene rings is 3. The van der Waals surface area contributed by atoms with Crippen molar-refractivity contribution >= 4 is 28.6 Å². The van der Waals surface area contributed by atoms with E-state index in [1.807, 2.05) is 78.2 Å². The summed E-state index contributed by atoms with van der Waals surface area (Å²) in [4.78, 5) is 18.1. The Bertz CT molecular complexity index is 1290. The van der Waals surface area contributed by atoms with Crippen LogP contribution in [0.5, 0.6) is 5.75 Å². The number of allylic oxidation sites excluding steroid dienone is 1. The number of fused-ring (bicyclic) bond motifs is 3. The molecule has 0 spiro atoms. The maximum atomic E-state index is 13.4. The molecule has 3 N–H and O–H groups in total. The van der Waals surface area contributed by atoms with E-state index in [1.54, 1.807) is 12.1 Å². The average Bonchev–Trinajstić information content (AvgIpc) is 3.11. The number of amides is 1. The van der Waals surface area contributed by atoms with Crippen molar-refractivity contribution in [3.05, 3.63) is 95.7 Å². The zero-order valence-electron chi connectivity index (χ0n) is 16.3. The van der Waals surface area contributed by atoms with Crippen LogP contribution in [0, 0.1) is 0 Å². The van der Waals surface area contributed by atoms with Crippen molar-refractivity contribution in [1.82, 2.24) is 9.55 Å². The van der Waals surface area contributed by atoms with Gasteiger partial charge in [0.1, 0.15) is 5.75 Å². The fourth-order valence-corrected chi connectivity index (χ4v) is 3.99. The summed E-state index contributed by atoms with van der Waals surface area (Å²) in [6.07, 6.45) is 0. The van der Waals surface area contributed by atoms with Crippen LogP contribution in [0.3, 0.4) is 0 Å². The predicted molar refractivity (Wildman–Crippen MR) is 117 cm³/mol. The molecule has 0 fully saturated rings. The van der Waals surface area contributed by atoms with Crippen LogP contribution in [0.2, 0.25) is 0 Å². The summed E-state index contributed by atoms with van der Waals surface area (Å²) in [6.45, 7) is 1.86. The van der Waals surface area contributed by atoms with Crippen molar-refractivity contribution in [3.8, 4) is 5.75 Å². The Balaban J connectivity index is 1.70. The van der Waals surface area contributed by atoms with Gasteiger partial charge >= 0.3 is 0 Å². The van der Waals surface area contributed by atoms with E-state index in [0.717, 1.165) is 11.0 Å². The van der Waals surface area contributed by atoms with Gasteiger partial charge < -0.3 is 15.7 Å². The maximum Gasteiger partial charge on any atom is 0.255 e. The van der Waals surface area contributed by atoms with Gasteiger partial charge in [-0.15, -0.1) is 0 Å². The van der Waals surface area contributed by atoms with E-state index in [0.29, 0.717) is 28.5 Å². The Morgan fingerprint density at radius 3 is 2.50 bits per heavy atom. The van der Waals surface area contributed by atoms with Crippen LogP contribution in [0.4, 0.5) is 11.6 Å². The molecule has 5 rings (SSSR count). The first kappa shape index (κ1) is 18.0. The quantitative estimate of drug-likeness (QED) is 0.470. The second kappa shape index (κ2) is 7.08. The molecule has 1 amide bonds. The second-order valence-corrected chi connectivity index (χ2v) is 7.24. The van der Waals surface area contributed by atoms with Gasteiger partial charge in [0.2, 0.25) is 5.95 Å². The minimum Gasteiger partial charge on any atom is -0.508 e. The molecule has 0 unspecified atom stereocenters. The highest BCUT2D eigenvalue weighted by Gasteiger charge is 2.35. The summed E-state index contributed by atoms with van der Waals surface area (Å²) >= 11 is 0. The number of para-hydroxylation sites is 4. The zero-order valence-corrected chi connectivity index (χ0v) is 16.3. The number of rotatable bonds is 3. The number of carbonyl (C=O) groups excluding carboxylic acids is 1. The Hall–Kier alpha value is -4.06. The summed E-state index contributed by atoms with van der Waals surface area (Å²) in [7, 11) is 0. The first-order chi connectivity index (χ1) is 14.6. The number of hydrogen-bond acceptors (Lipinski definition) is 4. The fourth-order valence-electron chi connectivity index (χ4n) is 3.99. The molecule has 1 aromatic heterocycles. The standard InChI is InChI=1S/C24H20N4O2/c1-15-21(23(30)26-16-9-3-2-4-10-16)22(17-11-5-8-14-20(17)29)28-19-13-7-6-12-18(19)27-24(28)25-15/h2-14,22,29H,1H3,(H,25,27)(H,26,30)/t22-/m1/s1. The van der Waals surface area contributed by atoms with Crippen molar-refractivity contribution in [1.29, 1.82) is 0 Å². The van der Waals surface area contributed by atoms with Crippen LogP contribution in [-0.4, -0.2) is 20.6 Å². The summed E-state index contributed by atoms with van der Waals surface area (Å²) in [5, 5.41) is 16.9. The molecule has 6 nitrogen and oxygen atoms in total. The van der Waals surface area contributed by atoms with E-state index in [2.05, 4.69) is 10.6 Å². The molecule has 2 heterocycles. The number of aromatic nitrogens is 2. The smallest absolute Gasteiger partial charge is 0.255 e. The lowest BCUT2D eigenvalue weighted by atomic mass is 9.93. The minimum absolute atomic E-state index is 0.131. The van der Waals surface area contributed by atoms with Crippen LogP contribution in [0.15, 0.2) is 90.1 Å². The van der Waals surface area contributed by atoms with Crippen molar-refractivity contribution in [2.75, 3.05) is 10.6 Å². The topological polar surface area (TPSA) is 79.2 Å². The number of hydrogen-bond donors (Lipinski definition) is 3. The van der Waals surface area contributed by atoms with Crippen molar-refractivity contribution in [3.63, 3.8) is 0 Å². The number of carbonyl (C=O) groups is 1. The maximum absolute atomic E-state index is 13.4. The SMILES string of the molecule is CC1=C(C(=O)Nc2ccccc2)[C@@H](c2ccccc2O)n2c(nc3ccccc32)N1. The van der Waals surface area contributed by atoms with Crippen molar-refractivity contribution < 1.29 is 9.90 Å². The van der Waals surface area contributed by atoms with E-state index in [9.17, 15) is 9.90 Å². The van der Waals surface area contributed by atoms with Crippen LogP contribution in [0.25, 0.3) is 11.0 Å². The highest BCUT2D eigenvalue weighted by Crippen LogP contribution is 2.42. The van der Waals surface area contributed by atoms with E-state index < -0.39 is 6.04 Å². The Labute approximate surface area is 173 Å². The van der Waals surface area contributed by atoms with Crippen LogP contribution >= 0.6 is 0 Å². The fraction of sp³-hybridized carbons (Fsp3) is 0.0833. The van der Waals surface area contributed by atoms with Crippen LogP contribution < -0.4 is 10.6 Å². The molecular weight excluding hydrogens is 376 g/mol. The first-order valence-electron chi connectivity index (χ1n) is 9.72. The largest absolute Gasteiger partial charge is 0.508 e. The van der Waals surface area contributed by atoms with Gasteiger partial charge in [0.05, 0.1) is 22.6 Å². The predicted octanol–water partition coefficient (Wildman–Crippen LogP) is 4.67. The summed E-state index contributed by atoms with van der Waals surface area (Å²) in [5.74, 6) is 0.534. The summed E-state index contributed by atoms with van der Waals surface area (Å²) in [5.41, 5.74) is 4.26. The molecule has 1 aliphatic rings. The van der Waals surface area contributed by atoms with E-state index in [1.165, 1.54) is 0 Å². The molecule has 0 radical (unpaired) electrons. The normalized spacial score (nSPS) is 15.6. The molecule has 6 heteroatoms. The summed E-state index contributed by atoms with van der Waals surface area (Å²) in [6, 6.07) is 23.7. The molecule has 0 bridgehead atoms. The van der Waals surface area contributed by atoms with Crippen LogP contribution in [0.1, 0.15) is 18.5 Å². The molecule has 1 atom stereocenters. The number of nitrogens with zero attached hydrogens (tertiary/aromatic N) is 2. The third-order valence-electron chi connectivity index (χ3n) is 5.34. The van der Waals surface area contributed by atoms with Crippen LogP contribution in [-0.2, 0) is 4.79 Å². The molecule has 1 aliphatic heterocycles. The van der Waals surface area contributed by atoms with Gasteiger partial charge in [0.15, 0.2) is 0 Å². The molecule has 0 saturated heterocycles. The lowest BCUT2D eigenvalue weighted by Gasteiger charge is -2.31. The van der Waals surface area contributed by atoms with Gasteiger partial charge in [-0.25, -0.2) is 4.98 Å². The van der Waals surface area contributed by atoms with E-state index >= 15 is 0 Å². The van der Waals surface area contributed by atoms with E-state index in [-0.39, 0.29) is 11.7 Å². The monoisotopic (exact) mass is 396 g/mol. The number of phenolic OH excluding ortho intramolecular Hbond substituents is 1. The molecular formula is C24H20N4O2. The molecule has 148 valence electrons. The van der Waals surface area contributed by atoms with Gasteiger partial charge in [-0.2, -0.15) is 0 Å². The Kier molecular flexibility index (Phi) is 4.25. The number of imidazole rings is 1. The molecule has 0 saturated carbocycles. The van der Waals surface area contributed by atoms with Crippen molar-refractivity contribution in [2.24, 2.45) is 0 Å². The van der Waals surface area contributed by atoms with E-state index in [4.69, 9.17) is 4.98 Å². The lowest BCUT2D eigenvalue weighted by molar-refractivity contribution is -0.113. The average molecular weight is 396 g/mol. The third-order valence-corrected chi connectivity index (χ3v) is 5.34. The Morgan fingerprint density at radius 1 is 1.00 bits per heavy atom. The van der Waals surface area contributed by atoms with Gasteiger partial charge in [-0.3, -0.25) is 9.36 Å². The van der Waals surface area contributed by atoms with Gasteiger partial charge in [-0.05, 0) is 37.3 Å². The number of aromatic hydroxyl groups is 1. The Morgan fingerprint density at radius 2 is 1.70 bits per heavy atom. The number of nitrogens with one attached hydrogen (secondary N) is 2. The highest BCUT2D eigenvalue weighted by atomic mass is 16.3. The molecule has 30 heavy (non-hydrogen) atoms. The zero-order chi connectivity index (χ0) is 20.7.